The summed E-state index contributed by atoms with van der Waals surface area (Å²) in [6.45, 7) is 2.23. The number of hydrogen-bond donors (Lipinski definition) is 2. The predicted octanol–water partition coefficient (Wildman–Crippen LogP) is 2.32. The summed E-state index contributed by atoms with van der Waals surface area (Å²) in [7, 11) is -3.53. The summed E-state index contributed by atoms with van der Waals surface area (Å²) in [5, 5.41) is 3.56. The summed E-state index contributed by atoms with van der Waals surface area (Å²) in [5.41, 5.74) is 7.99. The molecule has 0 aliphatic heterocycles. The summed E-state index contributed by atoms with van der Waals surface area (Å²) >= 11 is 1.44. The SMILES string of the molecule is Cc1ccc(S(=O)(=O)Nc2ccsc2)cc1CN. The molecule has 0 radical (unpaired) electrons. The molecule has 2 rings (SSSR count). The molecule has 96 valence electrons. The molecule has 0 amide bonds. The average Bonchev–Trinajstić information content (AvgIpc) is 2.81. The maximum Gasteiger partial charge on any atom is 0.261 e. The molecule has 6 heteroatoms. The lowest BCUT2D eigenvalue weighted by molar-refractivity contribution is 0.601. The Balaban J connectivity index is 2.35. The second-order valence-electron chi connectivity index (χ2n) is 3.91. The molecule has 3 N–H and O–H groups in total. The molecular formula is C12H14N2O2S2. The average molecular weight is 282 g/mol. The molecule has 4 nitrogen and oxygen atoms in total. The van der Waals surface area contributed by atoms with Gasteiger partial charge in [0.15, 0.2) is 0 Å². The van der Waals surface area contributed by atoms with Gasteiger partial charge in [-0.2, -0.15) is 11.3 Å². The molecule has 1 aromatic carbocycles. The molecular weight excluding hydrogens is 268 g/mol. The van der Waals surface area contributed by atoms with Gasteiger partial charge in [-0.15, -0.1) is 0 Å². The number of sulfonamides is 1. The van der Waals surface area contributed by atoms with Crippen molar-refractivity contribution in [2.24, 2.45) is 5.73 Å². The molecule has 0 fully saturated rings. The van der Waals surface area contributed by atoms with Crippen molar-refractivity contribution in [1.29, 1.82) is 0 Å². The minimum atomic E-state index is -3.53. The molecule has 0 saturated carbocycles. The van der Waals surface area contributed by atoms with Crippen molar-refractivity contribution in [2.45, 2.75) is 18.4 Å². The van der Waals surface area contributed by atoms with Crippen LogP contribution in [0.3, 0.4) is 0 Å². The van der Waals surface area contributed by atoms with Crippen molar-refractivity contribution in [2.75, 3.05) is 4.72 Å². The van der Waals surface area contributed by atoms with Gasteiger partial charge in [0, 0.05) is 11.9 Å². The molecule has 0 unspecified atom stereocenters. The summed E-state index contributed by atoms with van der Waals surface area (Å²) in [6, 6.07) is 6.69. The van der Waals surface area contributed by atoms with Crippen LogP contribution in [0.5, 0.6) is 0 Å². The first-order chi connectivity index (χ1) is 8.53. The van der Waals surface area contributed by atoms with Crippen LogP contribution in [0.4, 0.5) is 5.69 Å². The monoisotopic (exact) mass is 282 g/mol. The van der Waals surface area contributed by atoms with Crippen molar-refractivity contribution >= 4 is 27.0 Å². The first-order valence-electron chi connectivity index (χ1n) is 5.37. The van der Waals surface area contributed by atoms with Gasteiger partial charge < -0.3 is 5.73 Å². The van der Waals surface area contributed by atoms with Gasteiger partial charge in [0.2, 0.25) is 0 Å². The third-order valence-corrected chi connectivity index (χ3v) is 4.69. The fourth-order valence-electron chi connectivity index (χ4n) is 1.57. The highest BCUT2D eigenvalue weighted by Crippen LogP contribution is 2.20. The molecule has 1 heterocycles. The fourth-order valence-corrected chi connectivity index (χ4v) is 3.33. The Bertz CT molecular complexity index is 634. The smallest absolute Gasteiger partial charge is 0.261 e. The molecule has 1 aromatic heterocycles. The Morgan fingerprint density at radius 3 is 2.72 bits per heavy atom. The van der Waals surface area contributed by atoms with E-state index < -0.39 is 10.0 Å². The van der Waals surface area contributed by atoms with Crippen LogP contribution < -0.4 is 10.5 Å². The van der Waals surface area contributed by atoms with E-state index in [0.717, 1.165) is 11.1 Å². The summed E-state index contributed by atoms with van der Waals surface area (Å²) in [6.07, 6.45) is 0. The minimum absolute atomic E-state index is 0.236. The van der Waals surface area contributed by atoms with E-state index >= 15 is 0 Å². The van der Waals surface area contributed by atoms with Gasteiger partial charge in [-0.3, -0.25) is 4.72 Å². The summed E-state index contributed by atoms with van der Waals surface area (Å²) < 4.78 is 26.8. The zero-order valence-electron chi connectivity index (χ0n) is 9.88. The molecule has 0 aliphatic rings. The Kier molecular flexibility index (Phi) is 3.70. The van der Waals surface area contributed by atoms with E-state index in [2.05, 4.69) is 4.72 Å². The Morgan fingerprint density at radius 2 is 2.11 bits per heavy atom. The molecule has 2 aromatic rings. The van der Waals surface area contributed by atoms with E-state index in [4.69, 9.17) is 5.73 Å². The maximum atomic E-state index is 12.1. The van der Waals surface area contributed by atoms with E-state index in [-0.39, 0.29) is 4.90 Å². The number of anilines is 1. The topological polar surface area (TPSA) is 72.2 Å². The zero-order chi connectivity index (χ0) is 13.2. The molecule has 18 heavy (non-hydrogen) atoms. The van der Waals surface area contributed by atoms with Crippen molar-refractivity contribution in [3.05, 3.63) is 46.2 Å². The molecule has 0 aliphatic carbocycles. The van der Waals surface area contributed by atoms with E-state index in [1.807, 2.05) is 12.3 Å². The van der Waals surface area contributed by atoms with Crippen molar-refractivity contribution in [1.82, 2.24) is 0 Å². The van der Waals surface area contributed by atoms with E-state index in [9.17, 15) is 8.42 Å². The third-order valence-electron chi connectivity index (χ3n) is 2.62. The lowest BCUT2D eigenvalue weighted by Gasteiger charge is -2.09. The number of thiophene rings is 1. The number of hydrogen-bond acceptors (Lipinski definition) is 4. The normalized spacial score (nSPS) is 11.4. The van der Waals surface area contributed by atoms with Gasteiger partial charge in [0.05, 0.1) is 10.6 Å². The maximum absolute atomic E-state index is 12.1. The first kappa shape index (κ1) is 13.1. The second kappa shape index (κ2) is 5.09. The highest BCUT2D eigenvalue weighted by Gasteiger charge is 2.15. The van der Waals surface area contributed by atoms with E-state index in [1.165, 1.54) is 11.3 Å². The van der Waals surface area contributed by atoms with Gasteiger partial charge in [-0.1, -0.05) is 6.07 Å². The number of nitrogens with one attached hydrogen (secondary N) is 1. The number of nitrogens with two attached hydrogens (primary N) is 1. The van der Waals surface area contributed by atoms with Crippen LogP contribution in [0.25, 0.3) is 0 Å². The van der Waals surface area contributed by atoms with Crippen molar-refractivity contribution in [3.63, 3.8) is 0 Å². The number of aryl methyl sites for hydroxylation is 1. The highest BCUT2D eigenvalue weighted by molar-refractivity contribution is 7.92. The van der Waals surface area contributed by atoms with Crippen LogP contribution in [0.15, 0.2) is 39.9 Å². The summed E-state index contributed by atoms with van der Waals surface area (Å²) in [4.78, 5) is 0.236. The van der Waals surface area contributed by atoms with Crippen LogP contribution in [-0.2, 0) is 16.6 Å². The van der Waals surface area contributed by atoms with Gasteiger partial charge in [0.1, 0.15) is 0 Å². The van der Waals surface area contributed by atoms with Crippen LogP contribution >= 0.6 is 11.3 Å². The number of rotatable bonds is 4. The zero-order valence-corrected chi connectivity index (χ0v) is 11.5. The van der Waals surface area contributed by atoms with Crippen LogP contribution in [0, 0.1) is 6.92 Å². The van der Waals surface area contributed by atoms with Gasteiger partial charge in [-0.05, 0) is 41.6 Å². The van der Waals surface area contributed by atoms with Crippen molar-refractivity contribution in [3.8, 4) is 0 Å². The Labute approximate surface area is 111 Å². The van der Waals surface area contributed by atoms with Gasteiger partial charge >= 0.3 is 0 Å². The van der Waals surface area contributed by atoms with Crippen LogP contribution in [0.1, 0.15) is 11.1 Å². The van der Waals surface area contributed by atoms with Crippen molar-refractivity contribution < 1.29 is 8.42 Å². The standard InChI is InChI=1S/C12H14N2O2S2/c1-9-2-3-12(6-10(9)7-13)18(15,16)14-11-4-5-17-8-11/h2-6,8,14H,7,13H2,1H3. The predicted molar refractivity (Wildman–Crippen MR) is 74.2 cm³/mol. The molecule has 0 atom stereocenters. The Hall–Kier alpha value is -1.37. The van der Waals surface area contributed by atoms with E-state index in [0.29, 0.717) is 12.2 Å². The number of benzene rings is 1. The minimum Gasteiger partial charge on any atom is -0.326 e. The Morgan fingerprint density at radius 1 is 1.33 bits per heavy atom. The van der Waals surface area contributed by atoms with Gasteiger partial charge in [0.25, 0.3) is 10.0 Å². The molecule has 0 spiro atoms. The fraction of sp³-hybridized carbons (Fsp3) is 0.167. The van der Waals surface area contributed by atoms with E-state index in [1.54, 1.807) is 29.6 Å². The third kappa shape index (κ3) is 2.72. The van der Waals surface area contributed by atoms with Gasteiger partial charge in [-0.25, -0.2) is 8.42 Å². The first-order valence-corrected chi connectivity index (χ1v) is 7.80. The highest BCUT2D eigenvalue weighted by atomic mass is 32.2. The quantitative estimate of drug-likeness (QED) is 0.904. The largest absolute Gasteiger partial charge is 0.326 e. The molecule has 0 saturated heterocycles. The second-order valence-corrected chi connectivity index (χ2v) is 6.37. The molecule has 0 bridgehead atoms. The lowest BCUT2D eigenvalue weighted by atomic mass is 10.1. The summed E-state index contributed by atoms with van der Waals surface area (Å²) in [5.74, 6) is 0. The van der Waals surface area contributed by atoms with Crippen LogP contribution in [-0.4, -0.2) is 8.42 Å². The lowest BCUT2D eigenvalue weighted by Crippen LogP contribution is -2.13. The van der Waals surface area contributed by atoms with Crippen LogP contribution in [0.2, 0.25) is 0 Å².